The highest BCUT2D eigenvalue weighted by atomic mass is 32.1. The van der Waals surface area contributed by atoms with Crippen molar-refractivity contribution >= 4 is 28.9 Å². The summed E-state index contributed by atoms with van der Waals surface area (Å²) in [7, 11) is 1.53. The lowest BCUT2D eigenvalue weighted by molar-refractivity contribution is -0.123. The van der Waals surface area contributed by atoms with Crippen molar-refractivity contribution in [3.05, 3.63) is 79.2 Å². The van der Waals surface area contributed by atoms with Gasteiger partial charge in [-0.25, -0.2) is 0 Å². The van der Waals surface area contributed by atoms with Crippen molar-refractivity contribution in [2.75, 3.05) is 20.2 Å². The average Bonchev–Trinajstić information content (AvgIpc) is 3.49. The van der Waals surface area contributed by atoms with Crippen molar-refractivity contribution in [1.29, 1.82) is 5.26 Å². The van der Waals surface area contributed by atoms with E-state index < -0.39 is 0 Å². The predicted molar refractivity (Wildman–Crippen MR) is 130 cm³/mol. The van der Waals surface area contributed by atoms with Crippen molar-refractivity contribution in [3.63, 3.8) is 0 Å². The van der Waals surface area contributed by atoms with Gasteiger partial charge < -0.3 is 9.64 Å². The highest BCUT2D eigenvalue weighted by Crippen LogP contribution is 2.20. The first-order valence-electron chi connectivity index (χ1n) is 11.0. The number of methoxy groups -OCH3 is 1. The molecule has 0 aliphatic carbocycles. The SMILES string of the molecule is CCc1ccc(/C=c2\s/c(=C(/C#N)C(=O)N3CCCC3)n(-c3ccccc3OC)c2=O)cc1. The van der Waals surface area contributed by atoms with E-state index in [0.717, 1.165) is 36.2 Å². The second-order valence-corrected chi connectivity index (χ2v) is 8.84. The Morgan fingerprint density at radius 3 is 2.48 bits per heavy atom. The molecule has 0 spiro atoms. The standard InChI is InChI=1S/C26H25N3O3S/c1-3-18-10-12-19(13-11-18)16-23-25(31)29(21-8-4-5-9-22(21)32-2)26(33-23)20(17-27)24(30)28-14-6-7-15-28/h4-5,8-13,16H,3,6-7,14-15H2,1-2H3/b23-16-,26-20-. The molecule has 4 rings (SSSR count). The molecule has 1 aliphatic rings. The zero-order chi connectivity index (χ0) is 23.4. The topological polar surface area (TPSA) is 75.3 Å². The monoisotopic (exact) mass is 459 g/mol. The quantitative estimate of drug-likeness (QED) is 0.588. The fraction of sp³-hybridized carbons (Fsp3) is 0.269. The summed E-state index contributed by atoms with van der Waals surface area (Å²) < 4.78 is 7.68. The Kier molecular flexibility index (Phi) is 6.76. The zero-order valence-electron chi connectivity index (χ0n) is 18.7. The summed E-state index contributed by atoms with van der Waals surface area (Å²) >= 11 is 1.16. The number of aryl methyl sites for hydroxylation is 1. The first-order valence-corrected chi connectivity index (χ1v) is 11.8. The van der Waals surface area contributed by atoms with Crippen molar-refractivity contribution in [2.24, 2.45) is 0 Å². The minimum absolute atomic E-state index is 0.0223. The molecule has 1 aromatic heterocycles. The molecule has 2 aromatic carbocycles. The number of thiazole rings is 1. The molecule has 0 bridgehead atoms. The maximum atomic E-state index is 13.6. The van der Waals surface area contributed by atoms with Gasteiger partial charge in [-0.2, -0.15) is 5.26 Å². The molecular weight excluding hydrogens is 434 g/mol. The van der Waals surface area contributed by atoms with E-state index in [0.29, 0.717) is 33.7 Å². The Balaban J connectivity index is 2.01. The van der Waals surface area contributed by atoms with Crippen LogP contribution in [-0.4, -0.2) is 35.6 Å². The molecule has 1 saturated heterocycles. The fourth-order valence-corrected chi connectivity index (χ4v) is 5.04. The number of aromatic nitrogens is 1. The van der Waals surface area contributed by atoms with Gasteiger partial charge in [0.05, 0.1) is 17.3 Å². The predicted octanol–water partition coefficient (Wildman–Crippen LogP) is 2.60. The summed E-state index contributed by atoms with van der Waals surface area (Å²) in [5, 5.41) is 9.97. The summed E-state index contributed by atoms with van der Waals surface area (Å²) in [6.45, 7) is 3.33. The number of ether oxygens (including phenoxy) is 1. The van der Waals surface area contributed by atoms with E-state index in [1.54, 1.807) is 29.2 Å². The molecule has 0 N–H and O–H groups in total. The first-order chi connectivity index (χ1) is 16.1. The number of likely N-dealkylation sites (tertiary alicyclic amines) is 1. The van der Waals surface area contributed by atoms with Gasteiger partial charge in [-0.05, 0) is 48.6 Å². The Bertz CT molecular complexity index is 1390. The van der Waals surface area contributed by atoms with Crippen molar-refractivity contribution in [1.82, 2.24) is 9.47 Å². The van der Waals surface area contributed by atoms with Gasteiger partial charge in [-0.3, -0.25) is 14.2 Å². The Hall–Kier alpha value is -3.63. The van der Waals surface area contributed by atoms with E-state index in [9.17, 15) is 14.9 Å². The van der Waals surface area contributed by atoms with Gasteiger partial charge in [-0.1, -0.05) is 43.3 Å². The Morgan fingerprint density at radius 2 is 1.85 bits per heavy atom. The summed E-state index contributed by atoms with van der Waals surface area (Å²) in [5.74, 6) is 0.155. The summed E-state index contributed by atoms with van der Waals surface area (Å²) in [5.41, 5.74) is 2.28. The minimum atomic E-state index is -0.334. The van der Waals surface area contributed by atoms with Gasteiger partial charge in [-0.15, -0.1) is 11.3 Å². The van der Waals surface area contributed by atoms with E-state index in [1.165, 1.54) is 17.2 Å². The van der Waals surface area contributed by atoms with Crippen LogP contribution in [0.5, 0.6) is 5.75 Å². The Labute approximate surface area is 196 Å². The third-order valence-electron chi connectivity index (χ3n) is 5.77. The number of nitriles is 1. The molecule has 33 heavy (non-hydrogen) atoms. The van der Waals surface area contributed by atoms with Gasteiger partial charge in [0.15, 0.2) is 5.57 Å². The average molecular weight is 460 g/mol. The molecule has 6 nitrogen and oxygen atoms in total. The van der Waals surface area contributed by atoms with Crippen LogP contribution in [-0.2, 0) is 11.2 Å². The number of benzene rings is 2. The first kappa shape index (κ1) is 22.6. The van der Waals surface area contributed by atoms with E-state index in [2.05, 4.69) is 13.0 Å². The smallest absolute Gasteiger partial charge is 0.273 e. The molecule has 7 heteroatoms. The maximum absolute atomic E-state index is 13.6. The number of para-hydroxylation sites is 2. The van der Waals surface area contributed by atoms with Crippen LogP contribution < -0.4 is 19.5 Å². The molecule has 0 atom stereocenters. The van der Waals surface area contributed by atoms with E-state index in [-0.39, 0.29) is 17.0 Å². The van der Waals surface area contributed by atoms with Crippen molar-refractivity contribution in [3.8, 4) is 17.5 Å². The number of amides is 1. The summed E-state index contributed by atoms with van der Waals surface area (Å²) in [4.78, 5) is 28.5. The summed E-state index contributed by atoms with van der Waals surface area (Å²) in [6.07, 6.45) is 4.57. The molecule has 0 saturated carbocycles. The van der Waals surface area contributed by atoms with Gasteiger partial charge in [0.2, 0.25) is 0 Å². The van der Waals surface area contributed by atoms with E-state index >= 15 is 0 Å². The van der Waals surface area contributed by atoms with Gasteiger partial charge in [0.25, 0.3) is 11.5 Å². The highest BCUT2D eigenvalue weighted by Gasteiger charge is 2.25. The molecule has 3 aromatic rings. The second-order valence-electron chi connectivity index (χ2n) is 7.81. The molecule has 0 unspecified atom stereocenters. The molecule has 168 valence electrons. The number of hydrogen-bond donors (Lipinski definition) is 0. The summed E-state index contributed by atoms with van der Waals surface area (Å²) in [6, 6.07) is 17.2. The third kappa shape index (κ3) is 4.48. The molecule has 1 aliphatic heterocycles. The third-order valence-corrected chi connectivity index (χ3v) is 6.86. The van der Waals surface area contributed by atoms with Crippen LogP contribution in [0.3, 0.4) is 0 Å². The molecule has 0 radical (unpaired) electrons. The number of rotatable bonds is 5. The van der Waals surface area contributed by atoms with E-state index in [1.807, 2.05) is 30.3 Å². The number of nitrogens with zero attached hydrogens (tertiary/aromatic N) is 3. The van der Waals surface area contributed by atoms with Crippen LogP contribution in [0, 0.1) is 11.3 Å². The second kappa shape index (κ2) is 9.88. The van der Waals surface area contributed by atoms with Crippen molar-refractivity contribution < 1.29 is 9.53 Å². The van der Waals surface area contributed by atoms with Crippen LogP contribution >= 0.6 is 11.3 Å². The van der Waals surface area contributed by atoms with Gasteiger partial charge in [0.1, 0.15) is 16.5 Å². The van der Waals surface area contributed by atoms with Gasteiger partial charge in [0, 0.05) is 13.1 Å². The number of hydrogen-bond acceptors (Lipinski definition) is 5. The minimum Gasteiger partial charge on any atom is -0.495 e. The number of carbonyl (C=O) groups is 1. The largest absolute Gasteiger partial charge is 0.495 e. The highest BCUT2D eigenvalue weighted by molar-refractivity contribution is 7.07. The normalized spacial score (nSPS) is 14.8. The lowest BCUT2D eigenvalue weighted by Gasteiger charge is -2.14. The van der Waals surface area contributed by atoms with Crippen LogP contribution in [0.25, 0.3) is 17.3 Å². The van der Waals surface area contributed by atoms with Gasteiger partial charge >= 0.3 is 0 Å². The lowest BCUT2D eigenvalue weighted by Crippen LogP contribution is -2.35. The molecular formula is C26H25N3O3S. The molecule has 1 fully saturated rings. The molecule has 2 heterocycles. The van der Waals surface area contributed by atoms with E-state index in [4.69, 9.17) is 4.74 Å². The van der Waals surface area contributed by atoms with Crippen LogP contribution in [0.4, 0.5) is 0 Å². The molecule has 1 amide bonds. The van der Waals surface area contributed by atoms with Crippen LogP contribution in [0.1, 0.15) is 30.9 Å². The fourth-order valence-electron chi connectivity index (χ4n) is 3.95. The Morgan fingerprint density at radius 1 is 1.15 bits per heavy atom. The van der Waals surface area contributed by atoms with Crippen molar-refractivity contribution in [2.45, 2.75) is 26.2 Å². The van der Waals surface area contributed by atoms with Crippen LogP contribution in [0.2, 0.25) is 0 Å². The maximum Gasteiger partial charge on any atom is 0.273 e. The lowest BCUT2D eigenvalue weighted by atomic mass is 10.1. The van der Waals surface area contributed by atoms with Crippen LogP contribution in [0.15, 0.2) is 53.3 Å². The number of carbonyl (C=O) groups excluding carboxylic acids is 1. The zero-order valence-corrected chi connectivity index (χ0v) is 19.5.